The van der Waals surface area contributed by atoms with Crippen molar-refractivity contribution in [3.63, 3.8) is 0 Å². The Balaban J connectivity index is 1.73. The summed E-state index contributed by atoms with van der Waals surface area (Å²) in [5.74, 6) is -3.23. The van der Waals surface area contributed by atoms with Gasteiger partial charge in [-0.2, -0.15) is 0 Å². The van der Waals surface area contributed by atoms with Crippen LogP contribution in [0.15, 0.2) is 34.3 Å². The lowest BCUT2D eigenvalue weighted by atomic mass is 9.85. The average Bonchev–Trinajstić information content (AvgIpc) is 2.71. The molecule has 9 nitrogen and oxygen atoms in total. The van der Waals surface area contributed by atoms with Gasteiger partial charge in [0.25, 0.3) is 5.97 Å². The normalized spacial score (nSPS) is 32.0. The third-order valence-corrected chi connectivity index (χ3v) is 5.14. The van der Waals surface area contributed by atoms with Gasteiger partial charge in [0, 0.05) is 11.5 Å². The zero-order chi connectivity index (χ0) is 20.1. The van der Waals surface area contributed by atoms with Gasteiger partial charge in [-0.1, -0.05) is 6.92 Å². The van der Waals surface area contributed by atoms with Crippen molar-refractivity contribution in [1.82, 2.24) is 0 Å². The molecular weight excluding hydrogens is 372 g/mol. The fourth-order valence-corrected chi connectivity index (χ4v) is 3.51. The fraction of sp³-hybridized carbons (Fsp3) is 0.526. The number of esters is 1. The molecule has 9 heteroatoms. The summed E-state index contributed by atoms with van der Waals surface area (Å²) >= 11 is 0. The number of allylic oxidation sites excluding steroid dienone is 2. The third kappa shape index (κ3) is 2.86. The van der Waals surface area contributed by atoms with E-state index >= 15 is 0 Å². The van der Waals surface area contributed by atoms with Crippen molar-refractivity contribution < 1.29 is 42.8 Å². The topological polar surface area (TPSA) is 107 Å². The number of hydrogen-bond acceptors (Lipinski definition) is 9. The first-order valence-electron chi connectivity index (χ1n) is 8.76. The van der Waals surface area contributed by atoms with Crippen LogP contribution in [0.5, 0.6) is 0 Å². The number of carbonyl (C=O) groups excluding carboxylic acids is 3. The maximum absolute atomic E-state index is 12.7. The molecule has 4 aliphatic heterocycles. The number of hydrogen-bond donors (Lipinski definition) is 0. The van der Waals surface area contributed by atoms with E-state index in [0.29, 0.717) is 19.8 Å². The lowest BCUT2D eigenvalue weighted by molar-refractivity contribution is -0.466. The lowest BCUT2D eigenvalue weighted by Crippen LogP contribution is -2.59. The number of Topliss-reactive ketones (excluding diaryl/α,β-unsaturated/α-hetero) is 1. The first kappa shape index (κ1) is 18.9. The minimum Gasteiger partial charge on any atom is -0.493 e. The van der Waals surface area contributed by atoms with Crippen molar-refractivity contribution in [2.24, 2.45) is 5.41 Å². The van der Waals surface area contributed by atoms with E-state index in [2.05, 4.69) is 0 Å². The van der Waals surface area contributed by atoms with Crippen molar-refractivity contribution in [2.75, 3.05) is 40.6 Å². The molecule has 3 fully saturated rings. The van der Waals surface area contributed by atoms with E-state index in [4.69, 9.17) is 28.4 Å². The Morgan fingerprint density at radius 1 is 1.14 bits per heavy atom. The monoisotopic (exact) mass is 392 g/mol. The molecule has 150 valence electrons. The van der Waals surface area contributed by atoms with Gasteiger partial charge in [0.15, 0.2) is 11.5 Å². The van der Waals surface area contributed by atoms with Crippen LogP contribution in [0.25, 0.3) is 0 Å². The lowest BCUT2D eigenvalue weighted by Gasteiger charge is -2.50. The van der Waals surface area contributed by atoms with Crippen molar-refractivity contribution in [1.29, 1.82) is 0 Å². The Labute approximate surface area is 160 Å². The summed E-state index contributed by atoms with van der Waals surface area (Å²) in [7, 11) is 2.47. The molecule has 0 atom stereocenters. The Morgan fingerprint density at radius 2 is 1.79 bits per heavy atom. The maximum atomic E-state index is 12.7. The van der Waals surface area contributed by atoms with E-state index in [1.165, 1.54) is 14.2 Å². The van der Waals surface area contributed by atoms with Crippen LogP contribution in [0.4, 0.5) is 0 Å². The quantitative estimate of drug-likeness (QED) is 0.501. The number of fused-ring (bicyclic) bond motifs is 3. The smallest absolute Gasteiger partial charge is 0.342 e. The van der Waals surface area contributed by atoms with Crippen LogP contribution in [0, 0.1) is 5.41 Å². The van der Waals surface area contributed by atoms with Crippen molar-refractivity contribution in [3.05, 3.63) is 34.3 Å². The number of ketones is 2. The molecule has 0 aromatic carbocycles. The van der Waals surface area contributed by atoms with E-state index in [-0.39, 0.29) is 46.7 Å². The van der Waals surface area contributed by atoms with E-state index in [1.54, 1.807) is 0 Å². The summed E-state index contributed by atoms with van der Waals surface area (Å²) in [5.41, 5.74) is -0.352. The molecule has 0 amide bonds. The summed E-state index contributed by atoms with van der Waals surface area (Å²) in [4.78, 5) is 37.7. The van der Waals surface area contributed by atoms with Crippen molar-refractivity contribution >= 4 is 17.5 Å². The first-order chi connectivity index (χ1) is 13.3. The van der Waals surface area contributed by atoms with Crippen LogP contribution in [0.3, 0.4) is 0 Å². The molecule has 2 bridgehead atoms. The molecule has 0 N–H and O–H groups in total. The molecule has 0 saturated carbocycles. The van der Waals surface area contributed by atoms with E-state index in [0.717, 1.165) is 6.08 Å². The SMILES string of the molecule is COC(=O)C1=C(CC23OCC(C)(CO2)CO3)OCC2=C1C(=O)C=C(OC)C2=O. The van der Waals surface area contributed by atoms with Gasteiger partial charge in [0.05, 0.1) is 51.6 Å². The van der Waals surface area contributed by atoms with E-state index in [9.17, 15) is 14.4 Å². The highest BCUT2D eigenvalue weighted by molar-refractivity contribution is 6.27. The summed E-state index contributed by atoms with van der Waals surface area (Å²) in [5, 5.41) is 0. The van der Waals surface area contributed by atoms with Crippen LogP contribution in [0.1, 0.15) is 13.3 Å². The van der Waals surface area contributed by atoms with Crippen LogP contribution < -0.4 is 0 Å². The van der Waals surface area contributed by atoms with Crippen molar-refractivity contribution in [3.8, 4) is 0 Å². The molecule has 28 heavy (non-hydrogen) atoms. The number of rotatable bonds is 4. The third-order valence-electron chi connectivity index (χ3n) is 5.14. The second kappa shape index (κ2) is 6.54. The highest BCUT2D eigenvalue weighted by Crippen LogP contribution is 2.43. The van der Waals surface area contributed by atoms with E-state index < -0.39 is 23.5 Å². The molecular formula is C19H20O9. The highest BCUT2D eigenvalue weighted by Gasteiger charge is 2.52. The standard InChI is InChI=1S/C19H20O9/c1-18-7-26-19(27-8-18,28-9-18)5-13-15(17(22)24-3)14-10(6-25-13)16(21)12(23-2)4-11(14)20/h4H,5-9H2,1-3H3. The average molecular weight is 392 g/mol. The number of carbonyl (C=O) groups is 3. The second-order valence-corrected chi connectivity index (χ2v) is 7.37. The van der Waals surface area contributed by atoms with Gasteiger partial charge in [-0.15, -0.1) is 0 Å². The molecule has 5 rings (SSSR count). The highest BCUT2D eigenvalue weighted by atomic mass is 16.9. The Bertz CT molecular complexity index is 836. The van der Waals surface area contributed by atoms with Gasteiger partial charge >= 0.3 is 5.97 Å². The molecule has 0 aromatic rings. The van der Waals surface area contributed by atoms with Gasteiger partial charge in [0.2, 0.25) is 5.78 Å². The fourth-order valence-electron chi connectivity index (χ4n) is 3.51. The Morgan fingerprint density at radius 3 is 2.36 bits per heavy atom. The molecule has 0 spiro atoms. The number of ether oxygens (including phenoxy) is 6. The molecule has 3 saturated heterocycles. The minimum atomic E-state index is -1.40. The molecule has 4 heterocycles. The summed E-state index contributed by atoms with van der Waals surface area (Å²) in [6.07, 6.45) is 0.994. The first-order valence-corrected chi connectivity index (χ1v) is 8.76. The van der Waals surface area contributed by atoms with Gasteiger partial charge < -0.3 is 28.4 Å². The minimum absolute atomic E-state index is 0.0493. The molecule has 5 aliphatic rings. The predicted octanol–water partition coefficient (Wildman–Crippen LogP) is 0.550. The number of methoxy groups -OCH3 is 2. The van der Waals surface area contributed by atoms with Gasteiger partial charge in [0.1, 0.15) is 17.9 Å². The van der Waals surface area contributed by atoms with Crippen LogP contribution in [0.2, 0.25) is 0 Å². The molecule has 1 aliphatic carbocycles. The van der Waals surface area contributed by atoms with Gasteiger partial charge in [-0.3, -0.25) is 9.59 Å². The Hall–Kier alpha value is -2.49. The summed E-state index contributed by atoms with van der Waals surface area (Å²) < 4.78 is 32.7. The molecule has 0 radical (unpaired) electrons. The van der Waals surface area contributed by atoms with Gasteiger partial charge in [-0.25, -0.2) is 4.79 Å². The van der Waals surface area contributed by atoms with E-state index in [1.807, 2.05) is 6.92 Å². The zero-order valence-electron chi connectivity index (χ0n) is 15.8. The van der Waals surface area contributed by atoms with Crippen LogP contribution in [-0.2, 0) is 42.8 Å². The van der Waals surface area contributed by atoms with Crippen LogP contribution >= 0.6 is 0 Å². The summed E-state index contributed by atoms with van der Waals surface area (Å²) in [6, 6.07) is 0. The Kier molecular flexibility index (Phi) is 4.40. The zero-order valence-corrected chi connectivity index (χ0v) is 15.8. The van der Waals surface area contributed by atoms with Crippen molar-refractivity contribution in [2.45, 2.75) is 19.3 Å². The predicted molar refractivity (Wildman–Crippen MR) is 90.4 cm³/mol. The second-order valence-electron chi connectivity index (χ2n) is 7.37. The molecule has 0 aromatic heterocycles. The summed E-state index contributed by atoms with van der Waals surface area (Å²) in [6.45, 7) is 3.08. The largest absolute Gasteiger partial charge is 0.493 e. The maximum Gasteiger partial charge on any atom is 0.342 e. The van der Waals surface area contributed by atoms with Gasteiger partial charge in [-0.05, 0) is 0 Å². The van der Waals surface area contributed by atoms with Crippen LogP contribution in [-0.4, -0.2) is 64.2 Å². The molecule has 0 unspecified atom stereocenters.